The van der Waals surface area contributed by atoms with Crippen molar-refractivity contribution in [3.8, 4) is 0 Å². The van der Waals surface area contributed by atoms with E-state index < -0.39 is 22.8 Å². The zero-order valence-corrected chi connectivity index (χ0v) is 19.9. The Balaban J connectivity index is 2.57. The molecular weight excluding hydrogens is 376 g/mol. The van der Waals surface area contributed by atoms with Crippen LogP contribution >= 0.6 is 0 Å². The monoisotopic (exact) mass is 422 g/mol. The summed E-state index contributed by atoms with van der Waals surface area (Å²) in [6.45, 7) is 8.23. The number of rotatable bonds is 11. The van der Waals surface area contributed by atoms with E-state index >= 15 is 0 Å². The molecule has 2 rings (SSSR count). The van der Waals surface area contributed by atoms with Crippen molar-refractivity contribution in [2.45, 2.75) is 118 Å². The van der Waals surface area contributed by atoms with Gasteiger partial charge in [0.05, 0.1) is 10.8 Å². The van der Waals surface area contributed by atoms with Crippen molar-refractivity contribution in [3.63, 3.8) is 0 Å². The highest BCUT2D eigenvalue weighted by molar-refractivity contribution is 5.87. The molecule has 0 heterocycles. The van der Waals surface area contributed by atoms with E-state index in [1.807, 2.05) is 0 Å². The van der Waals surface area contributed by atoms with Crippen LogP contribution in [0, 0.1) is 34.5 Å². The molecule has 2 unspecified atom stereocenters. The fourth-order valence-electron chi connectivity index (χ4n) is 6.87. The van der Waals surface area contributed by atoms with Crippen LogP contribution in [0.15, 0.2) is 0 Å². The molecule has 0 saturated heterocycles. The lowest BCUT2D eigenvalue weighted by Gasteiger charge is -2.50. The molecule has 0 radical (unpaired) electrons. The number of hydrogen-bond acceptors (Lipinski definition) is 2. The standard InChI is InChI=1S/C26H46O4/c1-19(2)15-25(23(27)28,17-21-11-7-5-8-12-21)26(24(29)30,16-20(3)4)18-22-13-9-6-10-14-22/h19-22H,5-18H2,1-4H3,(H,27,28)(H,29,30). The van der Waals surface area contributed by atoms with E-state index in [2.05, 4.69) is 27.7 Å². The molecule has 2 atom stereocenters. The highest BCUT2D eigenvalue weighted by Crippen LogP contribution is 2.58. The second kappa shape index (κ2) is 11.0. The first kappa shape index (κ1) is 25.2. The van der Waals surface area contributed by atoms with Gasteiger partial charge in [-0.25, -0.2) is 0 Å². The average molecular weight is 423 g/mol. The molecule has 174 valence electrons. The number of carbonyl (C=O) groups is 2. The zero-order valence-electron chi connectivity index (χ0n) is 19.9. The highest BCUT2D eigenvalue weighted by atomic mass is 16.4. The molecule has 0 aromatic heterocycles. The first-order valence-electron chi connectivity index (χ1n) is 12.6. The van der Waals surface area contributed by atoms with Crippen LogP contribution in [0.3, 0.4) is 0 Å². The molecular formula is C26H46O4. The lowest BCUT2D eigenvalue weighted by Crippen LogP contribution is -2.56. The van der Waals surface area contributed by atoms with Crippen LogP contribution in [0.25, 0.3) is 0 Å². The van der Waals surface area contributed by atoms with Crippen LogP contribution in [-0.4, -0.2) is 22.2 Å². The average Bonchev–Trinajstić information content (AvgIpc) is 2.67. The van der Waals surface area contributed by atoms with Gasteiger partial charge in [-0.15, -0.1) is 0 Å². The van der Waals surface area contributed by atoms with Crippen molar-refractivity contribution in [2.24, 2.45) is 34.5 Å². The maximum atomic E-state index is 13.1. The molecule has 2 fully saturated rings. The number of aliphatic carboxylic acids is 2. The minimum Gasteiger partial charge on any atom is -0.481 e. The zero-order chi connectivity index (χ0) is 22.4. The van der Waals surface area contributed by atoms with Crippen molar-refractivity contribution < 1.29 is 19.8 Å². The third-order valence-corrected chi connectivity index (χ3v) is 7.97. The Morgan fingerprint density at radius 2 is 0.967 bits per heavy atom. The van der Waals surface area contributed by atoms with Gasteiger partial charge in [0.15, 0.2) is 0 Å². The Bertz CT molecular complexity index is 507. The molecule has 0 spiro atoms. The highest BCUT2D eigenvalue weighted by Gasteiger charge is 2.62. The molecule has 2 aliphatic rings. The van der Waals surface area contributed by atoms with Crippen molar-refractivity contribution in [3.05, 3.63) is 0 Å². The van der Waals surface area contributed by atoms with Gasteiger partial charge in [-0.05, 0) is 49.4 Å². The summed E-state index contributed by atoms with van der Waals surface area (Å²) in [5.41, 5.74) is -2.37. The molecule has 4 heteroatoms. The van der Waals surface area contributed by atoms with Gasteiger partial charge in [0.25, 0.3) is 0 Å². The summed E-state index contributed by atoms with van der Waals surface area (Å²) < 4.78 is 0. The second-order valence-corrected chi connectivity index (χ2v) is 11.4. The molecule has 0 amide bonds. The van der Waals surface area contributed by atoms with E-state index in [0.29, 0.717) is 37.5 Å². The summed E-state index contributed by atoms with van der Waals surface area (Å²) in [4.78, 5) is 26.3. The number of hydrogen-bond donors (Lipinski definition) is 2. The molecule has 0 aromatic rings. The summed E-state index contributed by atoms with van der Waals surface area (Å²) in [6.07, 6.45) is 13.2. The number of carboxylic acids is 2. The van der Waals surface area contributed by atoms with Gasteiger partial charge in [0.2, 0.25) is 0 Å². The Morgan fingerprint density at radius 3 is 1.20 bits per heavy atom. The van der Waals surface area contributed by atoms with Gasteiger partial charge in [-0.2, -0.15) is 0 Å². The molecule has 30 heavy (non-hydrogen) atoms. The predicted molar refractivity (Wildman–Crippen MR) is 121 cm³/mol. The van der Waals surface area contributed by atoms with Gasteiger partial charge in [0.1, 0.15) is 0 Å². The van der Waals surface area contributed by atoms with Crippen LogP contribution in [0.1, 0.15) is 118 Å². The van der Waals surface area contributed by atoms with Crippen LogP contribution in [0.5, 0.6) is 0 Å². The van der Waals surface area contributed by atoms with Gasteiger partial charge >= 0.3 is 11.9 Å². The topological polar surface area (TPSA) is 74.6 Å². The first-order valence-corrected chi connectivity index (χ1v) is 12.6. The van der Waals surface area contributed by atoms with Crippen LogP contribution in [0.4, 0.5) is 0 Å². The molecule has 0 aromatic carbocycles. The van der Waals surface area contributed by atoms with E-state index in [9.17, 15) is 19.8 Å². The van der Waals surface area contributed by atoms with Gasteiger partial charge < -0.3 is 10.2 Å². The summed E-state index contributed by atoms with van der Waals surface area (Å²) in [5.74, 6) is -0.734. The lowest BCUT2D eigenvalue weighted by molar-refractivity contribution is -0.184. The van der Waals surface area contributed by atoms with Crippen molar-refractivity contribution >= 4 is 11.9 Å². The first-order chi connectivity index (χ1) is 14.1. The predicted octanol–water partition coefficient (Wildman–Crippen LogP) is 7.16. The smallest absolute Gasteiger partial charge is 0.310 e. The normalized spacial score (nSPS) is 23.3. The Morgan fingerprint density at radius 1 is 0.667 bits per heavy atom. The Hall–Kier alpha value is -1.06. The lowest BCUT2D eigenvalue weighted by atomic mass is 9.51. The maximum absolute atomic E-state index is 13.1. The molecule has 2 N–H and O–H groups in total. The summed E-state index contributed by atoms with van der Waals surface area (Å²) in [7, 11) is 0. The van der Waals surface area contributed by atoms with Crippen molar-refractivity contribution in [1.82, 2.24) is 0 Å². The molecule has 4 nitrogen and oxygen atoms in total. The van der Waals surface area contributed by atoms with Gasteiger partial charge in [-0.3, -0.25) is 9.59 Å². The van der Waals surface area contributed by atoms with Crippen LogP contribution in [0.2, 0.25) is 0 Å². The Kier molecular flexibility index (Phi) is 9.24. The summed E-state index contributed by atoms with van der Waals surface area (Å²) >= 11 is 0. The SMILES string of the molecule is CC(C)CC(CC1CCCCC1)(C(=O)O)C(CC(C)C)(CC1CCCCC1)C(=O)O. The number of carboxylic acid groups (broad SMARTS) is 2. The second-order valence-electron chi connectivity index (χ2n) is 11.4. The largest absolute Gasteiger partial charge is 0.481 e. The van der Waals surface area contributed by atoms with E-state index in [1.165, 1.54) is 12.8 Å². The molecule has 0 bridgehead atoms. The fourth-order valence-corrected chi connectivity index (χ4v) is 6.87. The van der Waals surface area contributed by atoms with Crippen LogP contribution in [-0.2, 0) is 9.59 Å². The van der Waals surface area contributed by atoms with Gasteiger partial charge in [-0.1, -0.05) is 91.9 Å². The minimum atomic E-state index is -1.18. The third-order valence-electron chi connectivity index (χ3n) is 7.97. The van der Waals surface area contributed by atoms with Gasteiger partial charge in [0, 0.05) is 0 Å². The summed E-state index contributed by atoms with van der Waals surface area (Å²) in [5, 5.41) is 21.5. The van der Waals surface area contributed by atoms with E-state index in [4.69, 9.17) is 0 Å². The van der Waals surface area contributed by atoms with Crippen molar-refractivity contribution in [2.75, 3.05) is 0 Å². The van der Waals surface area contributed by atoms with Crippen molar-refractivity contribution in [1.29, 1.82) is 0 Å². The van der Waals surface area contributed by atoms with Crippen LogP contribution < -0.4 is 0 Å². The molecule has 2 aliphatic carbocycles. The van der Waals surface area contributed by atoms with E-state index in [0.717, 1.165) is 51.4 Å². The van der Waals surface area contributed by atoms with E-state index in [1.54, 1.807) is 0 Å². The third kappa shape index (κ3) is 5.79. The maximum Gasteiger partial charge on any atom is 0.310 e. The van der Waals surface area contributed by atoms with E-state index in [-0.39, 0.29) is 11.8 Å². The molecule has 0 aliphatic heterocycles. The quantitative estimate of drug-likeness (QED) is 0.370. The minimum absolute atomic E-state index is 0.155. The Labute approximate surface area is 184 Å². The summed E-state index contributed by atoms with van der Waals surface area (Å²) in [6, 6.07) is 0. The fraction of sp³-hybridized carbons (Fsp3) is 0.923. The molecule has 2 saturated carbocycles.